The Bertz CT molecular complexity index is 644. The van der Waals surface area contributed by atoms with Crippen molar-refractivity contribution in [2.24, 2.45) is 0 Å². The van der Waals surface area contributed by atoms with Gasteiger partial charge in [-0.1, -0.05) is 0 Å². The molecule has 1 aliphatic rings. The van der Waals surface area contributed by atoms with E-state index in [9.17, 15) is 4.79 Å². The van der Waals surface area contributed by atoms with E-state index < -0.39 is 0 Å². The van der Waals surface area contributed by atoms with Crippen molar-refractivity contribution in [2.45, 2.75) is 25.8 Å². The molecular weight excluding hydrogens is 336 g/mol. The number of hydrogen-bond acceptors (Lipinski definition) is 3. The Hall–Kier alpha value is -1.33. The Morgan fingerprint density at radius 1 is 1.35 bits per heavy atom. The summed E-state index contributed by atoms with van der Waals surface area (Å²) < 4.78 is 0.762. The zero-order valence-corrected chi connectivity index (χ0v) is 13.3. The van der Waals surface area contributed by atoms with Crippen molar-refractivity contribution in [3.63, 3.8) is 0 Å². The molecule has 1 aliphatic carbocycles. The quantitative estimate of drug-likeness (QED) is 0.832. The summed E-state index contributed by atoms with van der Waals surface area (Å²) in [5.74, 6) is -0.0993. The first-order chi connectivity index (χ1) is 9.63. The first-order valence-electron chi connectivity index (χ1n) is 6.57. The largest absolute Gasteiger partial charge is 0.399 e. The van der Waals surface area contributed by atoms with Crippen LogP contribution in [0.2, 0.25) is 0 Å². The minimum Gasteiger partial charge on any atom is -0.399 e. The normalized spacial score (nSPS) is 13.2. The zero-order chi connectivity index (χ0) is 14.1. The number of nitrogens with one attached hydrogen (secondary N) is 1. The topological polar surface area (TPSA) is 55.1 Å². The summed E-state index contributed by atoms with van der Waals surface area (Å²) in [6.07, 6.45) is 3.64. The van der Waals surface area contributed by atoms with Gasteiger partial charge in [-0.05, 0) is 65.0 Å². The summed E-state index contributed by atoms with van der Waals surface area (Å²) in [6, 6.07) is 7.48. The molecule has 0 bridgehead atoms. The molecule has 3 N–H and O–H groups in total. The predicted molar refractivity (Wildman–Crippen MR) is 86.1 cm³/mol. The van der Waals surface area contributed by atoms with Gasteiger partial charge in [-0.25, -0.2) is 0 Å². The fraction of sp³-hybridized carbons (Fsp3) is 0.267. The summed E-state index contributed by atoms with van der Waals surface area (Å²) in [5, 5.41) is 2.96. The summed E-state index contributed by atoms with van der Waals surface area (Å²) in [7, 11) is 0. The maximum absolute atomic E-state index is 12.2. The van der Waals surface area contributed by atoms with Gasteiger partial charge in [-0.3, -0.25) is 4.79 Å². The average Bonchev–Trinajstić information content (AvgIpc) is 2.99. The molecule has 3 nitrogen and oxygen atoms in total. The van der Waals surface area contributed by atoms with Crippen molar-refractivity contribution in [3.05, 3.63) is 49.6 Å². The summed E-state index contributed by atoms with van der Waals surface area (Å²) in [5.41, 5.74) is 8.35. The minimum atomic E-state index is -0.0993. The van der Waals surface area contributed by atoms with E-state index in [1.165, 1.54) is 34.6 Å². The Kier molecular flexibility index (Phi) is 3.81. The third-order valence-electron chi connectivity index (χ3n) is 3.46. The van der Waals surface area contributed by atoms with Gasteiger partial charge < -0.3 is 11.1 Å². The maximum Gasteiger partial charge on any atom is 0.252 e. The third kappa shape index (κ3) is 2.74. The highest BCUT2D eigenvalue weighted by Crippen LogP contribution is 2.30. The number of amides is 1. The first kappa shape index (κ1) is 13.6. The molecule has 0 radical (unpaired) electrons. The van der Waals surface area contributed by atoms with Crippen LogP contribution in [-0.4, -0.2) is 5.91 Å². The van der Waals surface area contributed by atoms with Gasteiger partial charge in [-0.2, -0.15) is 0 Å². The second-order valence-corrected chi connectivity index (χ2v) is 7.01. The molecule has 0 saturated heterocycles. The van der Waals surface area contributed by atoms with E-state index in [1.54, 1.807) is 18.2 Å². The van der Waals surface area contributed by atoms with E-state index in [-0.39, 0.29) is 5.91 Å². The zero-order valence-electron chi connectivity index (χ0n) is 10.9. The molecule has 5 heteroatoms. The number of rotatable bonds is 3. The lowest BCUT2D eigenvalue weighted by Crippen LogP contribution is -2.22. The van der Waals surface area contributed by atoms with Crippen molar-refractivity contribution in [2.75, 3.05) is 5.73 Å². The van der Waals surface area contributed by atoms with Gasteiger partial charge in [0, 0.05) is 19.9 Å². The van der Waals surface area contributed by atoms with Crippen LogP contribution in [0, 0.1) is 0 Å². The molecular formula is C15H15BrN2OS. The lowest BCUT2D eigenvalue weighted by molar-refractivity contribution is 0.0950. The molecule has 104 valence electrons. The molecule has 20 heavy (non-hydrogen) atoms. The number of anilines is 1. The molecule has 1 aromatic carbocycles. The number of halogens is 1. The van der Waals surface area contributed by atoms with Gasteiger partial charge >= 0.3 is 0 Å². The Labute approximate surface area is 130 Å². The second-order valence-electron chi connectivity index (χ2n) is 4.94. The van der Waals surface area contributed by atoms with Crippen LogP contribution in [-0.2, 0) is 19.4 Å². The second kappa shape index (κ2) is 5.58. The number of hydrogen-bond donors (Lipinski definition) is 2. The van der Waals surface area contributed by atoms with Crippen LogP contribution in [0.5, 0.6) is 0 Å². The van der Waals surface area contributed by atoms with Crippen LogP contribution < -0.4 is 11.1 Å². The van der Waals surface area contributed by atoms with Gasteiger partial charge in [0.2, 0.25) is 0 Å². The summed E-state index contributed by atoms with van der Waals surface area (Å²) in [4.78, 5) is 14.9. The smallest absolute Gasteiger partial charge is 0.252 e. The average molecular weight is 351 g/mol. The molecule has 2 aromatic rings. The number of benzene rings is 1. The molecule has 1 aromatic heterocycles. The summed E-state index contributed by atoms with van der Waals surface area (Å²) >= 11 is 5.19. The Morgan fingerprint density at radius 2 is 2.20 bits per heavy atom. The fourth-order valence-corrected chi connectivity index (χ4v) is 4.08. The van der Waals surface area contributed by atoms with Gasteiger partial charge in [0.15, 0.2) is 0 Å². The fourth-order valence-electron chi connectivity index (χ4n) is 2.46. The van der Waals surface area contributed by atoms with Gasteiger partial charge in [0.05, 0.1) is 12.1 Å². The maximum atomic E-state index is 12.2. The first-order valence-corrected chi connectivity index (χ1v) is 8.18. The van der Waals surface area contributed by atoms with Crippen LogP contribution in [0.1, 0.15) is 32.1 Å². The van der Waals surface area contributed by atoms with Crippen LogP contribution in [0.3, 0.4) is 0 Å². The van der Waals surface area contributed by atoms with E-state index >= 15 is 0 Å². The van der Waals surface area contributed by atoms with Crippen LogP contribution >= 0.6 is 27.3 Å². The molecule has 0 aliphatic heterocycles. The molecule has 1 amide bonds. The van der Waals surface area contributed by atoms with E-state index in [1.807, 2.05) is 11.3 Å². The van der Waals surface area contributed by atoms with Crippen molar-refractivity contribution < 1.29 is 4.79 Å². The van der Waals surface area contributed by atoms with Crippen LogP contribution in [0.15, 0.2) is 28.7 Å². The van der Waals surface area contributed by atoms with Crippen LogP contribution in [0.25, 0.3) is 0 Å². The van der Waals surface area contributed by atoms with E-state index in [0.717, 1.165) is 4.47 Å². The lowest BCUT2D eigenvalue weighted by Gasteiger charge is -2.06. The number of carbonyl (C=O) groups excluding carboxylic acids is 1. The number of nitrogen functional groups attached to an aromatic ring is 1. The Balaban J connectivity index is 1.68. The van der Waals surface area contributed by atoms with Crippen molar-refractivity contribution >= 4 is 38.9 Å². The standard InChI is InChI=1S/C15H15BrN2OS/c16-13-5-4-10(17)7-12(13)15(19)18-8-11-6-9-2-1-3-14(9)20-11/h4-7H,1-3,8,17H2,(H,18,19). The highest BCUT2D eigenvalue weighted by Gasteiger charge is 2.16. The SMILES string of the molecule is Nc1ccc(Br)c(C(=O)NCc2cc3c(s2)CCC3)c1. The lowest BCUT2D eigenvalue weighted by atomic mass is 10.2. The molecule has 3 rings (SSSR count). The van der Waals surface area contributed by atoms with Gasteiger partial charge in [0.25, 0.3) is 5.91 Å². The van der Waals surface area contributed by atoms with Gasteiger partial charge in [-0.15, -0.1) is 11.3 Å². The number of thiophene rings is 1. The van der Waals surface area contributed by atoms with Crippen molar-refractivity contribution in [3.8, 4) is 0 Å². The van der Waals surface area contributed by atoms with E-state index in [0.29, 0.717) is 17.8 Å². The highest BCUT2D eigenvalue weighted by molar-refractivity contribution is 9.10. The monoisotopic (exact) mass is 350 g/mol. The van der Waals surface area contributed by atoms with Crippen LogP contribution in [0.4, 0.5) is 5.69 Å². The highest BCUT2D eigenvalue weighted by atomic mass is 79.9. The number of fused-ring (bicyclic) bond motifs is 1. The number of nitrogens with two attached hydrogens (primary N) is 1. The Morgan fingerprint density at radius 3 is 3.00 bits per heavy atom. The van der Waals surface area contributed by atoms with Gasteiger partial charge in [0.1, 0.15) is 0 Å². The summed E-state index contributed by atoms with van der Waals surface area (Å²) in [6.45, 7) is 0.581. The molecule has 0 fully saturated rings. The molecule has 0 spiro atoms. The third-order valence-corrected chi connectivity index (χ3v) is 5.38. The van der Waals surface area contributed by atoms with E-state index in [2.05, 4.69) is 27.3 Å². The minimum absolute atomic E-state index is 0.0993. The molecule has 1 heterocycles. The molecule has 0 unspecified atom stereocenters. The van der Waals surface area contributed by atoms with Crippen molar-refractivity contribution in [1.82, 2.24) is 5.32 Å². The predicted octanol–water partition coefficient (Wildman–Crippen LogP) is 3.51. The molecule has 0 atom stereocenters. The molecule has 0 saturated carbocycles. The van der Waals surface area contributed by atoms with Crippen molar-refractivity contribution in [1.29, 1.82) is 0 Å². The number of aryl methyl sites for hydroxylation is 2. The number of carbonyl (C=O) groups is 1. The van der Waals surface area contributed by atoms with E-state index in [4.69, 9.17) is 5.73 Å².